The quantitative estimate of drug-likeness (QED) is 0.693. The zero-order valence-electron chi connectivity index (χ0n) is 10.8. The first-order valence-electron chi connectivity index (χ1n) is 6.74. The van der Waals surface area contributed by atoms with Gasteiger partial charge in [-0.05, 0) is 37.5 Å². The molecule has 96 valence electrons. The number of piperidine rings is 1. The molecule has 0 N–H and O–H groups in total. The van der Waals surface area contributed by atoms with Gasteiger partial charge in [0.05, 0.1) is 6.10 Å². The highest BCUT2D eigenvalue weighted by Gasteiger charge is 2.21. The lowest BCUT2D eigenvalue weighted by atomic mass is 10.0. The van der Waals surface area contributed by atoms with Crippen molar-refractivity contribution in [1.82, 2.24) is 4.90 Å². The van der Waals surface area contributed by atoms with Crippen molar-refractivity contribution in [2.24, 2.45) is 5.92 Å². The van der Waals surface area contributed by atoms with Crippen LogP contribution in [0.25, 0.3) is 0 Å². The van der Waals surface area contributed by atoms with Crippen LogP contribution < -0.4 is 0 Å². The molecule has 0 spiro atoms. The molecule has 0 saturated carbocycles. The smallest absolute Gasteiger partial charge is 0.0702 e. The molecule has 1 aliphatic heterocycles. The molecule has 1 saturated heterocycles. The van der Waals surface area contributed by atoms with E-state index in [1.54, 1.807) is 0 Å². The number of likely N-dealkylation sites (tertiary alicyclic amines) is 1. The predicted molar refractivity (Wildman–Crippen MR) is 73.3 cm³/mol. The van der Waals surface area contributed by atoms with Gasteiger partial charge in [0, 0.05) is 19.7 Å². The fourth-order valence-electron chi connectivity index (χ4n) is 2.28. The Morgan fingerprint density at radius 1 is 1.44 bits per heavy atom. The molecule has 0 amide bonds. The minimum atomic E-state index is 0.478. The second kappa shape index (κ2) is 8.37. The molecule has 2 atom stereocenters. The minimum Gasteiger partial charge on any atom is -0.377 e. The Morgan fingerprint density at radius 3 is 2.88 bits per heavy atom. The van der Waals surface area contributed by atoms with Crippen molar-refractivity contribution in [1.29, 1.82) is 0 Å². The average molecular weight is 245 g/mol. The maximum Gasteiger partial charge on any atom is 0.0702 e. The number of ether oxygens (including phenoxy) is 1. The van der Waals surface area contributed by atoms with Crippen molar-refractivity contribution < 1.29 is 4.74 Å². The summed E-state index contributed by atoms with van der Waals surface area (Å²) >= 11 is 4.42. The van der Waals surface area contributed by atoms with Crippen LogP contribution in [0.1, 0.15) is 39.5 Å². The second-order valence-corrected chi connectivity index (χ2v) is 5.22. The van der Waals surface area contributed by atoms with Crippen molar-refractivity contribution >= 4 is 12.6 Å². The molecular formula is C13H27NOS. The third-order valence-electron chi connectivity index (χ3n) is 3.37. The lowest BCUT2D eigenvalue weighted by molar-refractivity contribution is -0.00320. The van der Waals surface area contributed by atoms with Crippen molar-refractivity contribution in [3.8, 4) is 0 Å². The van der Waals surface area contributed by atoms with Crippen LogP contribution in [0.2, 0.25) is 0 Å². The third-order valence-corrected chi connectivity index (χ3v) is 3.89. The Kier molecular flexibility index (Phi) is 7.50. The normalized spacial score (nSPS) is 24.6. The largest absolute Gasteiger partial charge is 0.377 e. The molecule has 0 aromatic carbocycles. The number of hydrogen-bond donors (Lipinski definition) is 1. The van der Waals surface area contributed by atoms with Crippen LogP contribution in [-0.2, 0) is 4.74 Å². The Labute approximate surface area is 106 Å². The van der Waals surface area contributed by atoms with E-state index in [-0.39, 0.29) is 0 Å². The Hall–Kier alpha value is 0.270. The van der Waals surface area contributed by atoms with Crippen LogP contribution in [-0.4, -0.2) is 43.0 Å². The fraction of sp³-hybridized carbons (Fsp3) is 1.00. The first-order valence-corrected chi connectivity index (χ1v) is 7.38. The summed E-state index contributed by atoms with van der Waals surface area (Å²) < 4.78 is 5.85. The Balaban J connectivity index is 2.26. The van der Waals surface area contributed by atoms with E-state index < -0.39 is 0 Å². The van der Waals surface area contributed by atoms with Crippen molar-refractivity contribution in [2.75, 3.05) is 32.0 Å². The molecule has 1 aliphatic rings. The van der Waals surface area contributed by atoms with Gasteiger partial charge in [0.15, 0.2) is 0 Å². The number of rotatable bonds is 7. The van der Waals surface area contributed by atoms with Crippen LogP contribution in [0.5, 0.6) is 0 Å². The van der Waals surface area contributed by atoms with E-state index in [4.69, 9.17) is 4.74 Å². The molecule has 0 aromatic heterocycles. The van der Waals surface area contributed by atoms with Crippen LogP contribution in [0.15, 0.2) is 0 Å². The zero-order chi connectivity index (χ0) is 11.8. The molecule has 0 aromatic rings. The van der Waals surface area contributed by atoms with E-state index in [9.17, 15) is 0 Å². The monoisotopic (exact) mass is 245 g/mol. The summed E-state index contributed by atoms with van der Waals surface area (Å²) in [6.07, 6.45) is 5.38. The van der Waals surface area contributed by atoms with Gasteiger partial charge in [0.1, 0.15) is 0 Å². The average Bonchev–Trinajstić information content (AvgIpc) is 2.34. The van der Waals surface area contributed by atoms with Gasteiger partial charge in [-0.15, -0.1) is 0 Å². The molecule has 1 fully saturated rings. The first kappa shape index (κ1) is 14.3. The Bertz CT molecular complexity index is 173. The second-order valence-electron chi connectivity index (χ2n) is 4.85. The van der Waals surface area contributed by atoms with E-state index >= 15 is 0 Å². The molecule has 16 heavy (non-hydrogen) atoms. The van der Waals surface area contributed by atoms with Crippen molar-refractivity contribution in [3.05, 3.63) is 0 Å². The fourth-order valence-corrected chi connectivity index (χ4v) is 2.65. The maximum absolute atomic E-state index is 5.85. The molecular weight excluding hydrogens is 218 g/mol. The third kappa shape index (κ3) is 5.07. The minimum absolute atomic E-state index is 0.478. The summed E-state index contributed by atoms with van der Waals surface area (Å²) in [7, 11) is 0. The summed E-state index contributed by atoms with van der Waals surface area (Å²) in [5.41, 5.74) is 0. The zero-order valence-corrected chi connectivity index (χ0v) is 11.7. The lowest BCUT2D eigenvalue weighted by Gasteiger charge is -2.34. The summed E-state index contributed by atoms with van der Waals surface area (Å²) in [6, 6.07) is 0. The van der Waals surface area contributed by atoms with E-state index in [2.05, 4.69) is 31.4 Å². The molecule has 2 nitrogen and oxygen atoms in total. The van der Waals surface area contributed by atoms with E-state index in [0.29, 0.717) is 6.10 Å². The van der Waals surface area contributed by atoms with Crippen LogP contribution in [0.4, 0.5) is 0 Å². The van der Waals surface area contributed by atoms with E-state index in [1.807, 2.05) is 0 Å². The van der Waals surface area contributed by atoms with Crippen molar-refractivity contribution in [2.45, 2.75) is 45.6 Å². The summed E-state index contributed by atoms with van der Waals surface area (Å²) in [6.45, 7) is 8.93. The van der Waals surface area contributed by atoms with Gasteiger partial charge >= 0.3 is 0 Å². The Morgan fingerprint density at radius 2 is 2.25 bits per heavy atom. The standard InChI is InChI=1S/C13H27NOS/c1-3-8-15-13-6-5-7-14(10-13)9-12(4-2)11-16/h12-13,16H,3-11H2,1-2H3. The highest BCUT2D eigenvalue weighted by Crippen LogP contribution is 2.16. The van der Waals surface area contributed by atoms with Crippen LogP contribution >= 0.6 is 12.6 Å². The lowest BCUT2D eigenvalue weighted by Crippen LogP contribution is -2.42. The molecule has 0 aliphatic carbocycles. The molecule has 1 rings (SSSR count). The molecule has 0 bridgehead atoms. The molecule has 2 unspecified atom stereocenters. The van der Waals surface area contributed by atoms with Crippen LogP contribution in [0, 0.1) is 5.92 Å². The molecule has 3 heteroatoms. The SMILES string of the molecule is CCCOC1CCCN(CC(CC)CS)C1. The van der Waals surface area contributed by atoms with Crippen molar-refractivity contribution in [3.63, 3.8) is 0 Å². The number of nitrogens with zero attached hydrogens (tertiary/aromatic N) is 1. The van der Waals surface area contributed by atoms with Gasteiger partial charge in [0.25, 0.3) is 0 Å². The van der Waals surface area contributed by atoms with E-state index in [1.165, 1.54) is 32.4 Å². The van der Waals surface area contributed by atoms with Gasteiger partial charge in [-0.2, -0.15) is 12.6 Å². The highest BCUT2D eigenvalue weighted by atomic mass is 32.1. The summed E-state index contributed by atoms with van der Waals surface area (Å²) in [5, 5.41) is 0. The molecule has 1 heterocycles. The highest BCUT2D eigenvalue weighted by molar-refractivity contribution is 7.80. The molecule has 0 radical (unpaired) electrons. The van der Waals surface area contributed by atoms with Crippen LogP contribution in [0.3, 0.4) is 0 Å². The number of thiol groups is 1. The van der Waals surface area contributed by atoms with Gasteiger partial charge in [-0.3, -0.25) is 0 Å². The van der Waals surface area contributed by atoms with Gasteiger partial charge in [-0.25, -0.2) is 0 Å². The first-order chi connectivity index (χ1) is 7.80. The summed E-state index contributed by atoms with van der Waals surface area (Å²) in [5.74, 6) is 1.75. The topological polar surface area (TPSA) is 12.5 Å². The maximum atomic E-state index is 5.85. The van der Waals surface area contributed by atoms with Gasteiger partial charge < -0.3 is 9.64 Å². The van der Waals surface area contributed by atoms with E-state index in [0.717, 1.165) is 31.2 Å². The van der Waals surface area contributed by atoms with Gasteiger partial charge in [0.2, 0.25) is 0 Å². The number of hydrogen-bond acceptors (Lipinski definition) is 3. The summed E-state index contributed by atoms with van der Waals surface area (Å²) in [4.78, 5) is 2.56. The predicted octanol–water partition coefficient (Wildman–Crippen LogP) is 2.83. The van der Waals surface area contributed by atoms with Gasteiger partial charge in [-0.1, -0.05) is 20.3 Å².